The van der Waals surface area contributed by atoms with Gasteiger partial charge < -0.3 is 15.5 Å². The Labute approximate surface area is 132 Å². The largest absolute Gasteiger partial charge is 0.384 e. The van der Waals surface area contributed by atoms with Gasteiger partial charge in [-0.25, -0.2) is 4.98 Å². The number of nitrogens with two attached hydrogens (primary N) is 1. The maximum atomic E-state index is 12.4. The van der Waals surface area contributed by atoms with Gasteiger partial charge in [0.25, 0.3) is 0 Å². The Morgan fingerprint density at radius 1 is 1.14 bits per heavy atom. The third-order valence-electron chi connectivity index (χ3n) is 4.96. The fourth-order valence-electron chi connectivity index (χ4n) is 3.57. The van der Waals surface area contributed by atoms with Crippen LogP contribution in [0.1, 0.15) is 38.5 Å². The molecule has 2 fully saturated rings. The van der Waals surface area contributed by atoms with Gasteiger partial charge in [0.2, 0.25) is 5.91 Å². The Morgan fingerprint density at radius 2 is 1.86 bits per heavy atom. The van der Waals surface area contributed by atoms with Crippen LogP contribution in [0.3, 0.4) is 0 Å². The highest BCUT2D eigenvalue weighted by Crippen LogP contribution is 2.27. The average molecular weight is 302 g/mol. The van der Waals surface area contributed by atoms with Crippen LogP contribution in [-0.2, 0) is 4.79 Å². The Kier molecular flexibility index (Phi) is 4.80. The molecule has 2 aliphatic rings. The van der Waals surface area contributed by atoms with Gasteiger partial charge in [0.05, 0.1) is 11.9 Å². The molecule has 0 unspecified atom stereocenters. The fourth-order valence-corrected chi connectivity index (χ4v) is 3.57. The number of nitrogens with zero attached hydrogens (tertiary/aromatic N) is 3. The second-order valence-electron chi connectivity index (χ2n) is 6.52. The van der Waals surface area contributed by atoms with E-state index >= 15 is 0 Å². The van der Waals surface area contributed by atoms with Gasteiger partial charge in [0.1, 0.15) is 5.82 Å². The van der Waals surface area contributed by atoms with Crippen molar-refractivity contribution in [3.63, 3.8) is 0 Å². The maximum absolute atomic E-state index is 12.4. The van der Waals surface area contributed by atoms with Crippen molar-refractivity contribution in [3.8, 4) is 0 Å². The monoisotopic (exact) mass is 302 g/mol. The van der Waals surface area contributed by atoms with E-state index < -0.39 is 0 Å². The molecule has 1 aliphatic carbocycles. The van der Waals surface area contributed by atoms with E-state index in [9.17, 15) is 4.79 Å². The van der Waals surface area contributed by atoms with E-state index in [1.807, 2.05) is 23.2 Å². The van der Waals surface area contributed by atoms with Crippen molar-refractivity contribution in [1.82, 2.24) is 9.88 Å². The van der Waals surface area contributed by atoms with Crippen molar-refractivity contribution >= 4 is 17.4 Å². The lowest BCUT2D eigenvalue weighted by Crippen LogP contribution is -2.49. The summed E-state index contributed by atoms with van der Waals surface area (Å²) >= 11 is 0. The summed E-state index contributed by atoms with van der Waals surface area (Å²) < 4.78 is 0. The molecule has 1 saturated heterocycles. The standard InChI is InChI=1S/C17H26N4O/c18-16-7-6-15(13-19-16)20-8-10-21(11-9-20)17(22)12-14-4-2-1-3-5-14/h6-7,13-14H,1-5,8-12H2,(H2,18,19). The molecule has 5 heteroatoms. The minimum Gasteiger partial charge on any atom is -0.384 e. The molecule has 1 amide bonds. The molecule has 2 N–H and O–H groups in total. The first-order chi connectivity index (χ1) is 10.7. The van der Waals surface area contributed by atoms with Crippen LogP contribution in [0.2, 0.25) is 0 Å². The predicted octanol–water partition coefficient (Wildman–Crippen LogP) is 2.28. The van der Waals surface area contributed by atoms with Crippen molar-refractivity contribution < 1.29 is 4.79 Å². The third kappa shape index (κ3) is 3.70. The van der Waals surface area contributed by atoms with Crippen LogP contribution in [0.4, 0.5) is 11.5 Å². The van der Waals surface area contributed by atoms with E-state index in [2.05, 4.69) is 9.88 Å². The molecule has 22 heavy (non-hydrogen) atoms. The Hall–Kier alpha value is -1.78. The zero-order valence-electron chi connectivity index (χ0n) is 13.2. The van der Waals surface area contributed by atoms with E-state index in [4.69, 9.17) is 5.73 Å². The molecule has 0 radical (unpaired) electrons. The lowest BCUT2D eigenvalue weighted by atomic mass is 9.86. The molecule has 0 bridgehead atoms. The summed E-state index contributed by atoms with van der Waals surface area (Å²) in [7, 11) is 0. The lowest BCUT2D eigenvalue weighted by Gasteiger charge is -2.36. The normalized spacial score (nSPS) is 20.2. The van der Waals surface area contributed by atoms with Gasteiger partial charge in [-0.1, -0.05) is 19.3 Å². The van der Waals surface area contributed by atoms with Gasteiger partial charge in [0.15, 0.2) is 0 Å². The molecule has 0 aromatic carbocycles. The topological polar surface area (TPSA) is 62.5 Å². The minimum absolute atomic E-state index is 0.349. The average Bonchev–Trinajstić information content (AvgIpc) is 2.57. The smallest absolute Gasteiger partial charge is 0.222 e. The SMILES string of the molecule is Nc1ccc(N2CCN(C(=O)CC3CCCCC3)CC2)cn1. The number of hydrogen-bond donors (Lipinski definition) is 1. The minimum atomic E-state index is 0.349. The Balaban J connectivity index is 1.48. The summed E-state index contributed by atoms with van der Waals surface area (Å²) in [4.78, 5) is 20.9. The number of amides is 1. The van der Waals surface area contributed by atoms with E-state index in [0.29, 0.717) is 17.6 Å². The van der Waals surface area contributed by atoms with Crippen LogP contribution < -0.4 is 10.6 Å². The molecule has 1 aromatic heterocycles. The van der Waals surface area contributed by atoms with Gasteiger partial charge in [-0.15, -0.1) is 0 Å². The second-order valence-corrected chi connectivity index (χ2v) is 6.52. The first-order valence-corrected chi connectivity index (χ1v) is 8.46. The first kappa shape index (κ1) is 15.1. The van der Waals surface area contributed by atoms with Gasteiger partial charge >= 0.3 is 0 Å². The van der Waals surface area contributed by atoms with Crippen molar-refractivity contribution in [2.45, 2.75) is 38.5 Å². The van der Waals surface area contributed by atoms with E-state index in [0.717, 1.165) is 38.3 Å². The number of aromatic nitrogens is 1. The summed E-state index contributed by atoms with van der Waals surface area (Å²) in [6.45, 7) is 3.38. The highest BCUT2D eigenvalue weighted by molar-refractivity contribution is 5.76. The zero-order valence-corrected chi connectivity index (χ0v) is 13.2. The summed E-state index contributed by atoms with van der Waals surface area (Å²) in [6.07, 6.45) is 8.99. The molecular formula is C17H26N4O. The number of nitrogen functional groups attached to an aromatic ring is 1. The lowest BCUT2D eigenvalue weighted by molar-refractivity contribution is -0.132. The molecule has 3 rings (SSSR count). The number of carbonyl (C=O) groups is 1. The van der Waals surface area contributed by atoms with E-state index in [-0.39, 0.29) is 0 Å². The summed E-state index contributed by atoms with van der Waals surface area (Å²) in [5.74, 6) is 1.52. The molecule has 1 aromatic rings. The fraction of sp³-hybridized carbons (Fsp3) is 0.647. The third-order valence-corrected chi connectivity index (χ3v) is 4.96. The number of piperazine rings is 1. The van der Waals surface area contributed by atoms with Gasteiger partial charge in [-0.2, -0.15) is 0 Å². The summed E-state index contributed by atoms with van der Waals surface area (Å²) in [6, 6.07) is 3.83. The highest BCUT2D eigenvalue weighted by atomic mass is 16.2. The van der Waals surface area contributed by atoms with Gasteiger partial charge in [-0.05, 0) is 30.9 Å². The van der Waals surface area contributed by atoms with Crippen molar-refractivity contribution in [3.05, 3.63) is 18.3 Å². The van der Waals surface area contributed by atoms with Crippen LogP contribution in [0.25, 0.3) is 0 Å². The molecule has 120 valence electrons. The van der Waals surface area contributed by atoms with Crippen LogP contribution in [0.15, 0.2) is 18.3 Å². The van der Waals surface area contributed by atoms with Crippen LogP contribution >= 0.6 is 0 Å². The maximum Gasteiger partial charge on any atom is 0.222 e. The van der Waals surface area contributed by atoms with Crippen molar-refractivity contribution in [2.24, 2.45) is 5.92 Å². The molecular weight excluding hydrogens is 276 g/mol. The Morgan fingerprint density at radius 3 is 2.50 bits per heavy atom. The highest BCUT2D eigenvalue weighted by Gasteiger charge is 2.24. The molecule has 1 saturated carbocycles. The molecule has 1 aliphatic heterocycles. The van der Waals surface area contributed by atoms with Crippen molar-refractivity contribution in [2.75, 3.05) is 36.8 Å². The molecule has 0 spiro atoms. The molecule has 5 nitrogen and oxygen atoms in total. The second kappa shape index (κ2) is 6.99. The van der Waals surface area contributed by atoms with Crippen LogP contribution in [0.5, 0.6) is 0 Å². The van der Waals surface area contributed by atoms with Gasteiger partial charge in [0, 0.05) is 32.6 Å². The number of anilines is 2. The number of carbonyl (C=O) groups excluding carboxylic acids is 1. The van der Waals surface area contributed by atoms with E-state index in [1.165, 1.54) is 32.1 Å². The Bertz CT molecular complexity index is 488. The number of hydrogen-bond acceptors (Lipinski definition) is 4. The first-order valence-electron chi connectivity index (χ1n) is 8.46. The summed E-state index contributed by atoms with van der Waals surface area (Å²) in [5.41, 5.74) is 6.72. The molecule has 2 heterocycles. The van der Waals surface area contributed by atoms with Gasteiger partial charge in [-0.3, -0.25) is 4.79 Å². The van der Waals surface area contributed by atoms with Crippen LogP contribution in [-0.4, -0.2) is 42.0 Å². The molecule has 0 atom stereocenters. The summed E-state index contributed by atoms with van der Waals surface area (Å²) in [5, 5.41) is 0. The quantitative estimate of drug-likeness (QED) is 0.930. The number of rotatable bonds is 3. The predicted molar refractivity (Wildman–Crippen MR) is 88.6 cm³/mol. The van der Waals surface area contributed by atoms with Crippen molar-refractivity contribution in [1.29, 1.82) is 0 Å². The van der Waals surface area contributed by atoms with E-state index in [1.54, 1.807) is 0 Å². The van der Waals surface area contributed by atoms with Crippen LogP contribution in [0, 0.1) is 5.92 Å². The number of pyridine rings is 1. The zero-order chi connectivity index (χ0) is 15.4.